The molecule has 3 N–H and O–H groups in total. The number of H-pyrrole nitrogens is 1. The molecule has 0 fully saturated rings. The number of carbonyl (C=O) groups is 2. The number of ether oxygens (including phenoxy) is 1. The summed E-state index contributed by atoms with van der Waals surface area (Å²) in [6.45, 7) is 0.106. The number of aliphatic carboxylic acids is 1. The van der Waals surface area contributed by atoms with E-state index in [0.717, 1.165) is 22.3 Å². The average molecular weight is 379 g/mol. The van der Waals surface area contributed by atoms with Gasteiger partial charge in [0.05, 0.1) is 0 Å². The van der Waals surface area contributed by atoms with Crippen LogP contribution in [0, 0.1) is 0 Å². The van der Waals surface area contributed by atoms with Gasteiger partial charge in [0.1, 0.15) is 12.6 Å². The van der Waals surface area contributed by atoms with E-state index in [9.17, 15) is 14.7 Å². The minimum atomic E-state index is -1.21. The maximum absolute atomic E-state index is 12.2. The van der Waals surface area contributed by atoms with E-state index < -0.39 is 18.1 Å². The maximum atomic E-state index is 12.2. The number of nitrogens with zero attached hydrogens (tertiary/aromatic N) is 3. The molecule has 142 valence electrons. The molecule has 2 aromatic carbocycles. The zero-order valence-corrected chi connectivity index (χ0v) is 14.7. The molecule has 1 heterocycles. The molecule has 3 aromatic rings. The number of rotatable bonds is 6. The third-order valence-corrected chi connectivity index (χ3v) is 4.71. The number of aromatic amines is 1. The van der Waals surface area contributed by atoms with E-state index in [1.807, 2.05) is 48.5 Å². The lowest BCUT2D eigenvalue weighted by Crippen LogP contribution is -2.43. The Bertz CT molecular complexity index is 960. The van der Waals surface area contributed by atoms with Crippen molar-refractivity contribution in [1.29, 1.82) is 0 Å². The molecule has 1 aromatic heterocycles. The minimum absolute atomic E-state index is 0.0985. The van der Waals surface area contributed by atoms with Crippen molar-refractivity contribution in [2.45, 2.75) is 18.4 Å². The molecule has 9 nitrogen and oxygen atoms in total. The Balaban J connectivity index is 1.44. The Kier molecular flexibility index (Phi) is 4.71. The summed E-state index contributed by atoms with van der Waals surface area (Å²) in [4.78, 5) is 23.6. The van der Waals surface area contributed by atoms with E-state index in [1.54, 1.807) is 0 Å². The fourth-order valence-electron chi connectivity index (χ4n) is 3.43. The van der Waals surface area contributed by atoms with Gasteiger partial charge in [-0.25, -0.2) is 9.59 Å². The Hall–Kier alpha value is -3.75. The molecule has 0 bridgehead atoms. The highest BCUT2D eigenvalue weighted by atomic mass is 16.5. The number of carbonyl (C=O) groups excluding carboxylic acids is 1. The second kappa shape index (κ2) is 7.47. The third kappa shape index (κ3) is 3.41. The first-order valence-electron chi connectivity index (χ1n) is 8.70. The second-order valence-corrected chi connectivity index (χ2v) is 6.39. The van der Waals surface area contributed by atoms with Crippen LogP contribution >= 0.6 is 0 Å². The van der Waals surface area contributed by atoms with E-state index in [2.05, 4.69) is 25.9 Å². The van der Waals surface area contributed by atoms with E-state index in [-0.39, 0.29) is 24.8 Å². The second-order valence-electron chi connectivity index (χ2n) is 6.39. The van der Waals surface area contributed by atoms with Gasteiger partial charge in [0.2, 0.25) is 0 Å². The summed E-state index contributed by atoms with van der Waals surface area (Å²) in [6, 6.07) is 14.7. The van der Waals surface area contributed by atoms with Crippen molar-refractivity contribution in [1.82, 2.24) is 25.9 Å². The Morgan fingerprint density at radius 2 is 1.75 bits per heavy atom. The number of hydrogen-bond acceptors (Lipinski definition) is 6. The molecular weight excluding hydrogens is 362 g/mol. The van der Waals surface area contributed by atoms with Gasteiger partial charge < -0.3 is 15.2 Å². The molecule has 1 unspecified atom stereocenters. The zero-order valence-electron chi connectivity index (χ0n) is 14.7. The first kappa shape index (κ1) is 17.7. The van der Waals surface area contributed by atoms with Gasteiger partial charge in [-0.3, -0.25) is 0 Å². The highest BCUT2D eigenvalue weighted by Crippen LogP contribution is 2.44. The Morgan fingerprint density at radius 1 is 1.11 bits per heavy atom. The molecular formula is C19H17N5O4. The van der Waals surface area contributed by atoms with Gasteiger partial charge in [-0.15, -0.1) is 10.2 Å². The lowest BCUT2D eigenvalue weighted by Gasteiger charge is -2.16. The number of benzene rings is 2. The van der Waals surface area contributed by atoms with E-state index >= 15 is 0 Å². The number of alkyl carbamates (subject to hydrolysis) is 1. The van der Waals surface area contributed by atoms with Crippen LogP contribution in [0.25, 0.3) is 11.1 Å². The number of aromatic nitrogens is 4. The molecule has 28 heavy (non-hydrogen) atoms. The predicted molar refractivity (Wildman–Crippen MR) is 97.5 cm³/mol. The zero-order chi connectivity index (χ0) is 19.5. The first-order chi connectivity index (χ1) is 13.6. The van der Waals surface area contributed by atoms with Gasteiger partial charge in [0.25, 0.3) is 0 Å². The van der Waals surface area contributed by atoms with E-state index in [4.69, 9.17) is 4.74 Å². The molecule has 0 saturated carbocycles. The van der Waals surface area contributed by atoms with Crippen molar-refractivity contribution in [2.24, 2.45) is 0 Å². The Labute approximate surface area is 159 Å². The van der Waals surface area contributed by atoms with Crippen LogP contribution in [0.4, 0.5) is 4.79 Å². The van der Waals surface area contributed by atoms with Crippen molar-refractivity contribution >= 4 is 12.1 Å². The predicted octanol–water partition coefficient (Wildman–Crippen LogP) is 1.73. The summed E-state index contributed by atoms with van der Waals surface area (Å²) in [5, 5.41) is 24.7. The SMILES string of the molecule is O=C(NC(Cc1nn[nH]n1)C(=O)O)OCC1c2ccccc2-c2ccccc21. The monoisotopic (exact) mass is 379 g/mol. The highest BCUT2D eigenvalue weighted by Gasteiger charge is 2.30. The Morgan fingerprint density at radius 3 is 2.32 bits per heavy atom. The molecule has 1 amide bonds. The van der Waals surface area contributed by atoms with Crippen LogP contribution in [-0.4, -0.2) is 50.4 Å². The molecule has 4 rings (SSSR count). The molecule has 0 saturated heterocycles. The van der Waals surface area contributed by atoms with Crippen molar-refractivity contribution in [3.05, 3.63) is 65.5 Å². The van der Waals surface area contributed by atoms with Gasteiger partial charge in [0.15, 0.2) is 5.82 Å². The molecule has 0 radical (unpaired) electrons. The van der Waals surface area contributed by atoms with Crippen molar-refractivity contribution in [3.63, 3.8) is 0 Å². The van der Waals surface area contributed by atoms with Gasteiger partial charge in [-0.2, -0.15) is 5.21 Å². The lowest BCUT2D eigenvalue weighted by molar-refractivity contribution is -0.139. The fraction of sp³-hybridized carbons (Fsp3) is 0.211. The molecule has 1 aliphatic rings. The van der Waals surface area contributed by atoms with Gasteiger partial charge in [0, 0.05) is 12.3 Å². The molecule has 1 aliphatic carbocycles. The summed E-state index contributed by atoms with van der Waals surface area (Å²) >= 11 is 0. The number of carboxylic acid groups (broad SMARTS) is 1. The summed E-state index contributed by atoms with van der Waals surface area (Å²) in [6.07, 6.45) is -0.909. The molecule has 1 atom stereocenters. The first-order valence-corrected chi connectivity index (χ1v) is 8.70. The van der Waals surface area contributed by atoms with Crippen LogP contribution in [0.5, 0.6) is 0 Å². The van der Waals surface area contributed by atoms with Gasteiger partial charge in [-0.05, 0) is 22.3 Å². The normalized spacial score (nSPS) is 13.4. The van der Waals surface area contributed by atoms with Crippen LogP contribution in [0.1, 0.15) is 22.9 Å². The number of hydrogen-bond donors (Lipinski definition) is 3. The molecule has 9 heteroatoms. The summed E-state index contributed by atoms with van der Waals surface area (Å²) < 4.78 is 5.36. The van der Waals surface area contributed by atoms with Gasteiger partial charge >= 0.3 is 12.1 Å². The number of fused-ring (bicyclic) bond motifs is 3. The molecule has 0 spiro atoms. The summed E-state index contributed by atoms with van der Waals surface area (Å²) in [5.74, 6) is -1.12. The summed E-state index contributed by atoms with van der Waals surface area (Å²) in [5.41, 5.74) is 4.40. The largest absolute Gasteiger partial charge is 0.480 e. The summed E-state index contributed by atoms with van der Waals surface area (Å²) in [7, 11) is 0. The van der Waals surface area contributed by atoms with Crippen LogP contribution < -0.4 is 5.32 Å². The number of nitrogens with one attached hydrogen (secondary N) is 2. The van der Waals surface area contributed by atoms with E-state index in [1.165, 1.54) is 0 Å². The van der Waals surface area contributed by atoms with Crippen LogP contribution in [0.15, 0.2) is 48.5 Å². The number of amides is 1. The van der Waals surface area contributed by atoms with Crippen LogP contribution in [0.2, 0.25) is 0 Å². The van der Waals surface area contributed by atoms with Crippen LogP contribution in [-0.2, 0) is 16.0 Å². The number of carboxylic acids is 1. The van der Waals surface area contributed by atoms with Crippen LogP contribution in [0.3, 0.4) is 0 Å². The van der Waals surface area contributed by atoms with Crippen molar-refractivity contribution < 1.29 is 19.4 Å². The topological polar surface area (TPSA) is 130 Å². The third-order valence-electron chi connectivity index (χ3n) is 4.71. The molecule has 0 aliphatic heterocycles. The van der Waals surface area contributed by atoms with Crippen molar-refractivity contribution in [2.75, 3.05) is 6.61 Å². The maximum Gasteiger partial charge on any atom is 0.407 e. The van der Waals surface area contributed by atoms with E-state index in [0.29, 0.717) is 0 Å². The standard InChI is InChI=1S/C19H17N5O4/c25-18(26)16(9-17-21-23-24-22-17)20-19(27)28-10-15-13-7-3-1-5-11(13)12-6-2-4-8-14(12)15/h1-8,15-16H,9-10H2,(H,20,27)(H,25,26)(H,21,22,23,24). The smallest absolute Gasteiger partial charge is 0.407 e. The highest BCUT2D eigenvalue weighted by molar-refractivity contribution is 5.81. The lowest BCUT2D eigenvalue weighted by atomic mass is 9.98. The average Bonchev–Trinajstić information content (AvgIpc) is 3.32. The van der Waals surface area contributed by atoms with Gasteiger partial charge in [-0.1, -0.05) is 53.7 Å². The minimum Gasteiger partial charge on any atom is -0.480 e. The number of tetrazole rings is 1. The van der Waals surface area contributed by atoms with Crippen molar-refractivity contribution in [3.8, 4) is 11.1 Å². The fourth-order valence-corrected chi connectivity index (χ4v) is 3.43. The quantitative estimate of drug-likeness (QED) is 0.594.